The highest BCUT2D eigenvalue weighted by atomic mass is 16.5. The lowest BCUT2D eigenvalue weighted by Gasteiger charge is -2.29. The van der Waals surface area contributed by atoms with Gasteiger partial charge in [-0.2, -0.15) is 0 Å². The van der Waals surface area contributed by atoms with E-state index in [0.29, 0.717) is 24.6 Å². The Hall–Kier alpha value is -4.50. The van der Waals surface area contributed by atoms with Crippen molar-refractivity contribution in [3.8, 4) is 0 Å². The molecule has 0 aliphatic carbocycles. The zero-order valence-electron chi connectivity index (χ0n) is 20.8. The first-order valence-electron chi connectivity index (χ1n) is 12.5. The Kier molecular flexibility index (Phi) is 7.46. The molecule has 0 atom stereocenters. The zero-order chi connectivity index (χ0) is 26.5. The van der Waals surface area contributed by atoms with Crippen LogP contribution >= 0.6 is 0 Å². The molecule has 38 heavy (non-hydrogen) atoms. The maximum atomic E-state index is 13.4. The number of benzene rings is 3. The summed E-state index contributed by atoms with van der Waals surface area (Å²) in [6, 6.07) is 23.5. The van der Waals surface area contributed by atoms with Crippen LogP contribution < -0.4 is 15.1 Å². The summed E-state index contributed by atoms with van der Waals surface area (Å²) < 4.78 is 5.40. The van der Waals surface area contributed by atoms with E-state index in [1.54, 1.807) is 24.3 Å². The van der Waals surface area contributed by atoms with E-state index >= 15 is 0 Å². The topological polar surface area (TPSA) is 99.3 Å². The Morgan fingerprint density at radius 2 is 1.55 bits per heavy atom. The molecule has 3 aromatic carbocycles. The lowest BCUT2D eigenvalue weighted by Crippen LogP contribution is -2.45. The summed E-state index contributed by atoms with van der Waals surface area (Å²) in [5, 5.41) is 2.86. The fourth-order valence-corrected chi connectivity index (χ4v) is 4.63. The number of hydrogen-bond donors (Lipinski definition) is 1. The van der Waals surface area contributed by atoms with Crippen LogP contribution in [0.25, 0.3) is 0 Å². The van der Waals surface area contributed by atoms with Crippen molar-refractivity contribution < 1.29 is 23.9 Å². The molecule has 1 fully saturated rings. The van der Waals surface area contributed by atoms with Gasteiger partial charge in [-0.15, -0.1) is 0 Å². The van der Waals surface area contributed by atoms with Crippen LogP contribution in [-0.4, -0.2) is 67.8 Å². The maximum absolute atomic E-state index is 13.4. The van der Waals surface area contributed by atoms with Gasteiger partial charge >= 0.3 is 0 Å². The first-order chi connectivity index (χ1) is 18.5. The molecule has 0 aromatic heterocycles. The number of nitrogens with zero attached hydrogens (tertiary/aromatic N) is 3. The number of para-hydroxylation sites is 1. The summed E-state index contributed by atoms with van der Waals surface area (Å²) in [5.41, 5.74) is 3.19. The molecule has 0 radical (unpaired) electrons. The number of amides is 3. The number of nitrogens with one attached hydrogen (secondary N) is 1. The largest absolute Gasteiger partial charge is 0.378 e. The third-order valence-corrected chi connectivity index (χ3v) is 6.60. The van der Waals surface area contributed by atoms with Gasteiger partial charge in [-0.05, 0) is 42.0 Å². The second-order valence-corrected chi connectivity index (χ2v) is 9.17. The second-order valence-electron chi connectivity index (χ2n) is 9.17. The Morgan fingerprint density at radius 3 is 2.29 bits per heavy atom. The molecule has 194 valence electrons. The highest BCUT2D eigenvalue weighted by Gasteiger charge is 2.37. The van der Waals surface area contributed by atoms with Gasteiger partial charge < -0.3 is 19.9 Å². The average molecular weight is 513 g/mol. The number of rotatable bonds is 8. The van der Waals surface area contributed by atoms with E-state index < -0.39 is 17.6 Å². The van der Waals surface area contributed by atoms with Gasteiger partial charge in [0.2, 0.25) is 11.8 Å². The van der Waals surface area contributed by atoms with Gasteiger partial charge in [-0.1, -0.05) is 42.5 Å². The summed E-state index contributed by atoms with van der Waals surface area (Å²) >= 11 is 0. The van der Waals surface area contributed by atoms with Crippen LogP contribution in [0.15, 0.2) is 78.9 Å². The molecular formula is C29H28N4O5. The molecule has 3 aromatic rings. The Morgan fingerprint density at radius 1 is 0.868 bits per heavy atom. The molecular weight excluding hydrogens is 484 g/mol. The molecule has 2 heterocycles. The van der Waals surface area contributed by atoms with E-state index in [1.165, 1.54) is 9.80 Å². The molecule has 0 bridgehead atoms. The number of carbonyl (C=O) groups excluding carboxylic acids is 4. The summed E-state index contributed by atoms with van der Waals surface area (Å²) in [5.74, 6) is -2.19. The van der Waals surface area contributed by atoms with Gasteiger partial charge in [0.25, 0.3) is 11.7 Å². The molecule has 9 heteroatoms. The van der Waals surface area contributed by atoms with E-state index in [2.05, 4.69) is 10.2 Å². The number of anilines is 3. The van der Waals surface area contributed by atoms with Crippen molar-refractivity contribution in [1.29, 1.82) is 0 Å². The SMILES string of the molecule is O=C(CN(Cc1ccccc1)C(=O)CN1C(=O)C(=O)c2ccccc21)Nc1ccc(N2CCOCC2)cc1. The predicted octanol–water partition coefficient (Wildman–Crippen LogP) is 2.72. The van der Waals surface area contributed by atoms with E-state index in [9.17, 15) is 19.2 Å². The van der Waals surface area contributed by atoms with Crippen molar-refractivity contribution in [2.75, 3.05) is 54.5 Å². The molecule has 5 rings (SSSR count). The van der Waals surface area contributed by atoms with Crippen LogP contribution in [-0.2, 0) is 25.7 Å². The van der Waals surface area contributed by atoms with Gasteiger partial charge in [0.1, 0.15) is 13.1 Å². The van der Waals surface area contributed by atoms with Crippen LogP contribution in [0.5, 0.6) is 0 Å². The van der Waals surface area contributed by atoms with Crippen molar-refractivity contribution in [3.05, 3.63) is 90.0 Å². The minimum absolute atomic E-state index is 0.181. The van der Waals surface area contributed by atoms with Gasteiger partial charge in [0, 0.05) is 31.0 Å². The lowest BCUT2D eigenvalue weighted by molar-refractivity contribution is -0.134. The Bertz CT molecular complexity index is 1340. The number of hydrogen-bond acceptors (Lipinski definition) is 6. The van der Waals surface area contributed by atoms with Crippen LogP contribution in [0.1, 0.15) is 15.9 Å². The van der Waals surface area contributed by atoms with Crippen molar-refractivity contribution >= 4 is 40.6 Å². The van der Waals surface area contributed by atoms with E-state index in [1.807, 2.05) is 54.6 Å². The van der Waals surface area contributed by atoms with Gasteiger partial charge in [-0.3, -0.25) is 24.1 Å². The minimum Gasteiger partial charge on any atom is -0.378 e. The highest BCUT2D eigenvalue weighted by Crippen LogP contribution is 2.28. The standard InChI is InChI=1S/C29H28N4O5/c34-26(30-22-10-12-23(13-11-22)31-14-16-38-17-15-31)19-32(18-21-6-2-1-3-7-21)27(35)20-33-25-9-5-4-8-24(25)28(36)29(33)37/h1-13H,14-20H2,(H,30,34). The van der Waals surface area contributed by atoms with Crippen LogP contribution in [0.3, 0.4) is 0 Å². The third kappa shape index (κ3) is 5.57. The van der Waals surface area contributed by atoms with Crippen LogP contribution in [0, 0.1) is 0 Å². The molecule has 3 amide bonds. The fraction of sp³-hybridized carbons (Fsp3) is 0.241. The first kappa shape index (κ1) is 25.2. The third-order valence-electron chi connectivity index (χ3n) is 6.60. The average Bonchev–Trinajstić information content (AvgIpc) is 3.19. The zero-order valence-corrected chi connectivity index (χ0v) is 20.8. The molecule has 0 saturated carbocycles. The monoisotopic (exact) mass is 512 g/mol. The quantitative estimate of drug-likeness (QED) is 0.466. The lowest BCUT2D eigenvalue weighted by atomic mass is 10.1. The van der Waals surface area contributed by atoms with Crippen molar-refractivity contribution in [3.63, 3.8) is 0 Å². The predicted molar refractivity (Wildman–Crippen MR) is 143 cm³/mol. The van der Waals surface area contributed by atoms with Gasteiger partial charge in [0.15, 0.2) is 0 Å². The Balaban J connectivity index is 1.28. The van der Waals surface area contributed by atoms with Crippen LogP contribution in [0.2, 0.25) is 0 Å². The summed E-state index contributed by atoms with van der Waals surface area (Å²) in [7, 11) is 0. The summed E-state index contributed by atoms with van der Waals surface area (Å²) in [4.78, 5) is 56.1. The molecule has 1 N–H and O–H groups in total. The fourth-order valence-electron chi connectivity index (χ4n) is 4.63. The van der Waals surface area contributed by atoms with Crippen LogP contribution in [0.4, 0.5) is 17.1 Å². The number of Topliss-reactive ketones (excluding diaryl/α,β-unsaturated/α-hetero) is 1. The number of ether oxygens (including phenoxy) is 1. The second kappa shape index (κ2) is 11.3. The van der Waals surface area contributed by atoms with E-state index in [0.717, 1.165) is 24.3 Å². The molecule has 1 saturated heterocycles. The normalized spacial score (nSPS) is 14.8. The maximum Gasteiger partial charge on any atom is 0.299 e. The van der Waals surface area contributed by atoms with Crippen molar-refractivity contribution in [2.24, 2.45) is 0 Å². The van der Waals surface area contributed by atoms with Gasteiger partial charge in [0.05, 0.1) is 24.5 Å². The number of carbonyl (C=O) groups is 4. The number of morpholine rings is 1. The summed E-state index contributed by atoms with van der Waals surface area (Å²) in [6.07, 6.45) is 0. The van der Waals surface area contributed by atoms with E-state index in [4.69, 9.17) is 4.74 Å². The summed E-state index contributed by atoms with van der Waals surface area (Å²) in [6.45, 7) is 2.64. The molecule has 0 unspecified atom stereocenters. The minimum atomic E-state index is -0.746. The molecule has 2 aliphatic heterocycles. The van der Waals surface area contributed by atoms with Crippen molar-refractivity contribution in [2.45, 2.75) is 6.54 Å². The number of fused-ring (bicyclic) bond motifs is 1. The molecule has 9 nitrogen and oxygen atoms in total. The molecule has 2 aliphatic rings. The smallest absolute Gasteiger partial charge is 0.299 e. The molecule has 0 spiro atoms. The Labute approximate surface area is 220 Å². The van der Waals surface area contributed by atoms with E-state index in [-0.39, 0.29) is 31.1 Å². The highest BCUT2D eigenvalue weighted by molar-refractivity contribution is 6.52. The first-order valence-corrected chi connectivity index (χ1v) is 12.5. The van der Waals surface area contributed by atoms with Gasteiger partial charge in [-0.25, -0.2) is 0 Å². The number of ketones is 1. The van der Waals surface area contributed by atoms with Crippen molar-refractivity contribution in [1.82, 2.24) is 4.90 Å².